The third-order valence-electron chi connectivity index (χ3n) is 1.66. The fraction of sp³-hybridized carbons (Fsp3) is 0.455. The zero-order valence-electron chi connectivity index (χ0n) is 7.96. The van der Waals surface area contributed by atoms with Crippen LogP contribution in [0.2, 0.25) is 0 Å². The van der Waals surface area contributed by atoms with Gasteiger partial charge in [-0.3, -0.25) is 0 Å². The molecule has 12 heavy (non-hydrogen) atoms. The summed E-state index contributed by atoms with van der Waals surface area (Å²) >= 11 is 0. The van der Waals surface area contributed by atoms with E-state index in [-0.39, 0.29) is 0 Å². The second-order valence-corrected chi connectivity index (χ2v) is 2.59. The molecule has 0 aliphatic carbocycles. The van der Waals surface area contributed by atoms with Crippen LogP contribution in [0.3, 0.4) is 0 Å². The Morgan fingerprint density at radius 3 is 2.17 bits per heavy atom. The van der Waals surface area contributed by atoms with E-state index < -0.39 is 0 Å². The van der Waals surface area contributed by atoms with Gasteiger partial charge in [0.05, 0.1) is 0 Å². The van der Waals surface area contributed by atoms with Crippen molar-refractivity contribution in [2.24, 2.45) is 0 Å². The van der Waals surface area contributed by atoms with Gasteiger partial charge in [-0.1, -0.05) is 43.7 Å². The maximum Gasteiger partial charge on any atom is 0.0319 e. The second-order valence-electron chi connectivity index (χ2n) is 2.59. The molecule has 0 saturated heterocycles. The molecule has 0 aliphatic rings. The second kappa shape index (κ2) is 8.28. The van der Waals surface area contributed by atoms with Crippen molar-refractivity contribution in [3.63, 3.8) is 0 Å². The van der Waals surface area contributed by atoms with Crippen molar-refractivity contribution < 1.29 is 5.11 Å². The summed E-state index contributed by atoms with van der Waals surface area (Å²) in [7, 11) is 1.00. The Balaban J connectivity index is 0.000000561. The summed E-state index contributed by atoms with van der Waals surface area (Å²) in [6, 6.07) is 10.6. The molecule has 1 aromatic rings. The Morgan fingerprint density at radius 2 is 1.67 bits per heavy atom. The first kappa shape index (κ1) is 11.2. The number of hydrogen-bond donors (Lipinski definition) is 1. The Labute approximate surface area is 75.1 Å². The van der Waals surface area contributed by atoms with Crippen LogP contribution >= 0.6 is 0 Å². The van der Waals surface area contributed by atoms with Gasteiger partial charge < -0.3 is 5.11 Å². The highest BCUT2D eigenvalue weighted by Gasteiger charge is 1.87. The van der Waals surface area contributed by atoms with E-state index >= 15 is 0 Å². The normalized spacial score (nSPS) is 8.58. The van der Waals surface area contributed by atoms with Crippen LogP contribution in [0.1, 0.15) is 25.3 Å². The molecular formula is C11H18O. The molecule has 0 unspecified atom stereocenters. The molecule has 1 heteroatoms. The number of aliphatic hydroxyl groups is 1. The minimum absolute atomic E-state index is 1.00. The molecule has 0 aliphatic heterocycles. The average Bonchev–Trinajstić information content (AvgIpc) is 2.19. The Morgan fingerprint density at radius 1 is 1.08 bits per heavy atom. The Kier molecular flexibility index (Phi) is 7.71. The Bertz CT molecular complexity index is 170. The van der Waals surface area contributed by atoms with Crippen molar-refractivity contribution in [1.82, 2.24) is 0 Å². The summed E-state index contributed by atoms with van der Waals surface area (Å²) in [6.07, 6.45) is 3.83. The monoisotopic (exact) mass is 166 g/mol. The van der Waals surface area contributed by atoms with Crippen molar-refractivity contribution in [2.45, 2.75) is 26.2 Å². The zero-order chi connectivity index (χ0) is 9.23. The molecule has 0 saturated carbocycles. The highest BCUT2D eigenvalue weighted by atomic mass is 16.2. The third kappa shape index (κ3) is 4.91. The van der Waals surface area contributed by atoms with Gasteiger partial charge in [0.15, 0.2) is 0 Å². The lowest BCUT2D eigenvalue weighted by Crippen LogP contribution is -1.81. The van der Waals surface area contributed by atoms with E-state index in [1.165, 1.54) is 24.8 Å². The minimum atomic E-state index is 1.00. The molecule has 1 N–H and O–H groups in total. The lowest BCUT2D eigenvalue weighted by atomic mass is 10.1. The van der Waals surface area contributed by atoms with Crippen molar-refractivity contribution in [3.8, 4) is 0 Å². The fourth-order valence-electron chi connectivity index (χ4n) is 1.03. The van der Waals surface area contributed by atoms with E-state index in [0.29, 0.717) is 0 Å². The van der Waals surface area contributed by atoms with E-state index in [1.807, 2.05) is 0 Å². The molecule has 0 amide bonds. The van der Waals surface area contributed by atoms with Crippen molar-refractivity contribution in [1.29, 1.82) is 0 Å². The largest absolute Gasteiger partial charge is 0.400 e. The highest BCUT2D eigenvalue weighted by molar-refractivity contribution is 5.14. The first-order valence-corrected chi connectivity index (χ1v) is 4.42. The molecule has 0 spiro atoms. The predicted molar refractivity (Wildman–Crippen MR) is 53.2 cm³/mol. The smallest absolute Gasteiger partial charge is 0.0319 e. The number of benzene rings is 1. The molecule has 0 aromatic heterocycles. The van der Waals surface area contributed by atoms with E-state index in [0.717, 1.165) is 7.11 Å². The van der Waals surface area contributed by atoms with Gasteiger partial charge in [0.2, 0.25) is 0 Å². The van der Waals surface area contributed by atoms with Crippen molar-refractivity contribution in [2.75, 3.05) is 7.11 Å². The maximum atomic E-state index is 7.00. The van der Waals surface area contributed by atoms with E-state index in [4.69, 9.17) is 5.11 Å². The van der Waals surface area contributed by atoms with Crippen LogP contribution in [0, 0.1) is 0 Å². The summed E-state index contributed by atoms with van der Waals surface area (Å²) in [5, 5.41) is 7.00. The molecule has 68 valence electrons. The fourth-order valence-corrected chi connectivity index (χ4v) is 1.03. The zero-order valence-corrected chi connectivity index (χ0v) is 7.96. The predicted octanol–water partition coefficient (Wildman–Crippen LogP) is 2.64. The SMILES string of the molecule is CCCCc1ccccc1.CO. The topological polar surface area (TPSA) is 20.2 Å². The van der Waals surface area contributed by atoms with Gasteiger partial charge in [-0.15, -0.1) is 0 Å². The van der Waals surface area contributed by atoms with Crippen LogP contribution in [-0.4, -0.2) is 12.2 Å². The van der Waals surface area contributed by atoms with Gasteiger partial charge in [0.1, 0.15) is 0 Å². The van der Waals surface area contributed by atoms with Gasteiger partial charge in [-0.05, 0) is 18.4 Å². The third-order valence-corrected chi connectivity index (χ3v) is 1.66. The molecule has 1 rings (SSSR count). The van der Waals surface area contributed by atoms with E-state index in [1.54, 1.807) is 0 Å². The number of hydrogen-bond acceptors (Lipinski definition) is 1. The quantitative estimate of drug-likeness (QED) is 0.732. The summed E-state index contributed by atoms with van der Waals surface area (Å²) in [5.74, 6) is 0. The summed E-state index contributed by atoms with van der Waals surface area (Å²) in [6.45, 7) is 2.23. The summed E-state index contributed by atoms with van der Waals surface area (Å²) < 4.78 is 0. The van der Waals surface area contributed by atoms with Crippen LogP contribution in [-0.2, 0) is 6.42 Å². The molecule has 0 fully saturated rings. The Hall–Kier alpha value is -0.820. The minimum Gasteiger partial charge on any atom is -0.400 e. The number of unbranched alkanes of at least 4 members (excludes halogenated alkanes) is 1. The lowest BCUT2D eigenvalue weighted by molar-refractivity contribution is 0.399. The van der Waals surface area contributed by atoms with Crippen LogP contribution < -0.4 is 0 Å². The number of aryl methyl sites for hydroxylation is 1. The van der Waals surface area contributed by atoms with Crippen LogP contribution in [0.5, 0.6) is 0 Å². The molecule has 1 aromatic carbocycles. The number of rotatable bonds is 3. The van der Waals surface area contributed by atoms with Gasteiger partial charge >= 0.3 is 0 Å². The first-order chi connectivity index (χ1) is 5.93. The van der Waals surface area contributed by atoms with Gasteiger partial charge in [0.25, 0.3) is 0 Å². The number of aliphatic hydroxyl groups excluding tert-OH is 1. The molecular weight excluding hydrogens is 148 g/mol. The summed E-state index contributed by atoms with van der Waals surface area (Å²) in [5.41, 5.74) is 1.46. The van der Waals surface area contributed by atoms with Gasteiger partial charge in [0, 0.05) is 7.11 Å². The van der Waals surface area contributed by atoms with Gasteiger partial charge in [-0.2, -0.15) is 0 Å². The molecule has 0 heterocycles. The van der Waals surface area contributed by atoms with Gasteiger partial charge in [-0.25, -0.2) is 0 Å². The standard InChI is InChI=1S/C10H14.CH4O/c1-2-3-7-10-8-5-4-6-9-10;1-2/h4-6,8-9H,2-3,7H2,1H3;2H,1H3. The molecule has 0 atom stereocenters. The summed E-state index contributed by atoms with van der Waals surface area (Å²) in [4.78, 5) is 0. The maximum absolute atomic E-state index is 7.00. The van der Waals surface area contributed by atoms with Crippen LogP contribution in [0.15, 0.2) is 30.3 Å². The van der Waals surface area contributed by atoms with Crippen molar-refractivity contribution in [3.05, 3.63) is 35.9 Å². The molecule has 0 bridgehead atoms. The molecule has 0 radical (unpaired) electrons. The van der Waals surface area contributed by atoms with Crippen LogP contribution in [0.4, 0.5) is 0 Å². The van der Waals surface area contributed by atoms with Crippen molar-refractivity contribution >= 4 is 0 Å². The van der Waals surface area contributed by atoms with E-state index in [9.17, 15) is 0 Å². The average molecular weight is 166 g/mol. The molecule has 1 nitrogen and oxygen atoms in total. The lowest BCUT2D eigenvalue weighted by Gasteiger charge is -1.96. The van der Waals surface area contributed by atoms with Crippen LogP contribution in [0.25, 0.3) is 0 Å². The first-order valence-electron chi connectivity index (χ1n) is 4.42. The highest BCUT2D eigenvalue weighted by Crippen LogP contribution is 2.03. The van der Waals surface area contributed by atoms with E-state index in [2.05, 4.69) is 37.3 Å².